The molecule has 0 saturated carbocycles. The molecule has 0 aliphatic heterocycles. The lowest BCUT2D eigenvalue weighted by molar-refractivity contribution is -0.116. The SMILES string of the molecule is CC(=O)CCc1c(C)[nH]c2ccc(F)cc12. The number of ketones is 1. The molecule has 0 atom stereocenters. The van der Waals surface area contributed by atoms with Crippen LogP contribution in [0.5, 0.6) is 0 Å². The van der Waals surface area contributed by atoms with E-state index < -0.39 is 0 Å². The van der Waals surface area contributed by atoms with Crippen molar-refractivity contribution in [2.45, 2.75) is 26.7 Å². The molecule has 0 bridgehead atoms. The number of hydrogen-bond acceptors (Lipinski definition) is 1. The van der Waals surface area contributed by atoms with Gasteiger partial charge in [0.2, 0.25) is 0 Å². The van der Waals surface area contributed by atoms with Crippen molar-refractivity contribution in [3.63, 3.8) is 0 Å². The van der Waals surface area contributed by atoms with Gasteiger partial charge in [0.05, 0.1) is 0 Å². The first kappa shape index (κ1) is 10.9. The van der Waals surface area contributed by atoms with Gasteiger partial charge in [-0.15, -0.1) is 0 Å². The van der Waals surface area contributed by atoms with Crippen LogP contribution < -0.4 is 0 Å². The third-order valence-electron chi connectivity index (χ3n) is 2.81. The zero-order valence-electron chi connectivity index (χ0n) is 9.43. The maximum absolute atomic E-state index is 13.1. The lowest BCUT2D eigenvalue weighted by atomic mass is 10.0. The minimum absolute atomic E-state index is 0.158. The molecule has 3 heteroatoms. The molecule has 1 aromatic heterocycles. The fraction of sp³-hybridized carbons (Fsp3) is 0.308. The van der Waals surface area contributed by atoms with Crippen LogP contribution in [0.2, 0.25) is 0 Å². The number of hydrogen-bond donors (Lipinski definition) is 1. The van der Waals surface area contributed by atoms with Gasteiger partial charge in [0.25, 0.3) is 0 Å². The Labute approximate surface area is 93.5 Å². The van der Waals surface area contributed by atoms with Gasteiger partial charge in [0.1, 0.15) is 11.6 Å². The van der Waals surface area contributed by atoms with E-state index in [-0.39, 0.29) is 11.6 Å². The van der Waals surface area contributed by atoms with Crippen molar-refractivity contribution in [1.29, 1.82) is 0 Å². The second-order valence-corrected chi connectivity index (χ2v) is 4.12. The molecule has 2 nitrogen and oxygen atoms in total. The van der Waals surface area contributed by atoms with Gasteiger partial charge in [0.15, 0.2) is 0 Å². The number of nitrogens with one attached hydrogen (secondary N) is 1. The summed E-state index contributed by atoms with van der Waals surface area (Å²) in [5.74, 6) is -0.0827. The van der Waals surface area contributed by atoms with Crippen molar-refractivity contribution >= 4 is 16.7 Å². The monoisotopic (exact) mass is 219 g/mol. The van der Waals surface area contributed by atoms with Crippen LogP contribution in [0.15, 0.2) is 18.2 Å². The summed E-state index contributed by atoms with van der Waals surface area (Å²) in [5, 5.41) is 0.888. The molecule has 0 spiro atoms. The number of carbonyl (C=O) groups excluding carboxylic acids is 1. The van der Waals surface area contributed by atoms with Crippen LogP contribution in [0.3, 0.4) is 0 Å². The van der Waals surface area contributed by atoms with Crippen molar-refractivity contribution in [3.05, 3.63) is 35.3 Å². The number of rotatable bonds is 3. The first-order valence-corrected chi connectivity index (χ1v) is 5.34. The maximum Gasteiger partial charge on any atom is 0.130 e. The van der Waals surface area contributed by atoms with Gasteiger partial charge in [-0.25, -0.2) is 4.39 Å². The van der Waals surface area contributed by atoms with E-state index in [1.165, 1.54) is 12.1 Å². The molecule has 1 N–H and O–H groups in total. The second kappa shape index (κ2) is 4.08. The topological polar surface area (TPSA) is 32.9 Å². The van der Waals surface area contributed by atoms with E-state index in [1.807, 2.05) is 6.92 Å². The highest BCUT2D eigenvalue weighted by Gasteiger charge is 2.09. The molecule has 2 aromatic rings. The van der Waals surface area contributed by atoms with E-state index >= 15 is 0 Å². The van der Waals surface area contributed by atoms with Gasteiger partial charge in [-0.2, -0.15) is 0 Å². The van der Waals surface area contributed by atoms with Crippen LogP contribution in [0, 0.1) is 12.7 Å². The third kappa shape index (κ3) is 1.98. The minimum atomic E-state index is -0.240. The van der Waals surface area contributed by atoms with Crippen molar-refractivity contribution in [1.82, 2.24) is 4.98 Å². The van der Waals surface area contributed by atoms with E-state index in [0.717, 1.165) is 22.2 Å². The van der Waals surface area contributed by atoms with Crippen LogP contribution in [-0.2, 0) is 11.2 Å². The molecule has 0 amide bonds. The Bertz CT molecular complexity index is 542. The number of Topliss-reactive ketones (excluding diaryl/α,β-unsaturated/α-hetero) is 1. The largest absolute Gasteiger partial charge is 0.358 e. The van der Waals surface area contributed by atoms with Crippen LogP contribution in [-0.4, -0.2) is 10.8 Å². The average Bonchev–Trinajstić information content (AvgIpc) is 2.51. The number of H-pyrrole nitrogens is 1. The fourth-order valence-electron chi connectivity index (χ4n) is 1.98. The average molecular weight is 219 g/mol. The number of halogens is 1. The van der Waals surface area contributed by atoms with Gasteiger partial charge in [-0.1, -0.05) is 0 Å². The quantitative estimate of drug-likeness (QED) is 0.845. The lowest BCUT2D eigenvalue weighted by Crippen LogP contribution is -1.94. The van der Waals surface area contributed by atoms with Crippen molar-refractivity contribution in [2.75, 3.05) is 0 Å². The summed E-state index contributed by atoms with van der Waals surface area (Å²) in [7, 11) is 0. The van der Waals surface area contributed by atoms with E-state index in [0.29, 0.717) is 12.8 Å². The number of fused-ring (bicyclic) bond motifs is 1. The Morgan fingerprint density at radius 2 is 2.19 bits per heavy atom. The summed E-state index contributed by atoms with van der Waals surface area (Å²) in [6.45, 7) is 3.53. The molecule has 84 valence electrons. The maximum atomic E-state index is 13.1. The van der Waals surface area contributed by atoms with Crippen molar-refractivity contribution < 1.29 is 9.18 Å². The molecule has 0 unspecified atom stereocenters. The summed E-state index contributed by atoms with van der Waals surface area (Å²) in [4.78, 5) is 14.2. The highest BCUT2D eigenvalue weighted by atomic mass is 19.1. The number of aromatic amines is 1. The van der Waals surface area contributed by atoms with E-state index in [2.05, 4.69) is 4.98 Å². The zero-order valence-corrected chi connectivity index (χ0v) is 9.43. The first-order valence-electron chi connectivity index (χ1n) is 5.34. The zero-order chi connectivity index (χ0) is 11.7. The molecular formula is C13H14FNO. The van der Waals surface area contributed by atoms with Crippen LogP contribution in [0.1, 0.15) is 24.6 Å². The Balaban J connectivity index is 2.45. The molecule has 0 aliphatic rings. The molecule has 0 fully saturated rings. The molecule has 1 heterocycles. The van der Waals surface area contributed by atoms with E-state index in [9.17, 15) is 9.18 Å². The Hall–Kier alpha value is -1.64. The predicted molar refractivity (Wildman–Crippen MR) is 62.0 cm³/mol. The molecule has 2 rings (SSSR count). The molecule has 0 saturated heterocycles. The van der Waals surface area contributed by atoms with Gasteiger partial charge < -0.3 is 9.78 Å². The lowest BCUT2D eigenvalue weighted by Gasteiger charge is -1.99. The summed E-state index contributed by atoms with van der Waals surface area (Å²) in [6.07, 6.45) is 1.18. The van der Waals surface area contributed by atoms with Crippen molar-refractivity contribution in [2.24, 2.45) is 0 Å². The molecule has 1 aromatic carbocycles. The Morgan fingerprint density at radius 1 is 1.44 bits per heavy atom. The smallest absolute Gasteiger partial charge is 0.130 e. The summed E-state index contributed by atoms with van der Waals surface area (Å²) in [5.41, 5.74) is 2.99. The normalized spacial score (nSPS) is 10.9. The summed E-state index contributed by atoms with van der Waals surface area (Å²) >= 11 is 0. The summed E-state index contributed by atoms with van der Waals surface area (Å²) < 4.78 is 13.1. The van der Waals surface area contributed by atoms with E-state index in [1.54, 1.807) is 13.0 Å². The Kier molecular flexibility index (Phi) is 2.77. The number of carbonyl (C=O) groups is 1. The van der Waals surface area contributed by atoms with Gasteiger partial charge in [0, 0.05) is 23.0 Å². The minimum Gasteiger partial charge on any atom is -0.358 e. The summed E-state index contributed by atoms with van der Waals surface area (Å²) in [6, 6.07) is 4.69. The van der Waals surface area contributed by atoms with Gasteiger partial charge in [-0.05, 0) is 44.0 Å². The number of aryl methyl sites for hydroxylation is 2. The van der Waals surface area contributed by atoms with Crippen molar-refractivity contribution in [3.8, 4) is 0 Å². The van der Waals surface area contributed by atoms with Crippen LogP contribution in [0.25, 0.3) is 10.9 Å². The standard InChI is InChI=1S/C13H14FNO/c1-8(16)3-5-11-9(2)15-13-6-4-10(14)7-12(11)13/h4,6-7,15H,3,5H2,1-2H3. The van der Waals surface area contributed by atoms with E-state index in [4.69, 9.17) is 0 Å². The molecule has 0 radical (unpaired) electrons. The van der Waals surface area contributed by atoms with Crippen LogP contribution >= 0.6 is 0 Å². The number of aromatic nitrogens is 1. The Morgan fingerprint density at radius 3 is 2.88 bits per heavy atom. The second-order valence-electron chi connectivity index (χ2n) is 4.12. The molecule has 0 aliphatic carbocycles. The number of benzene rings is 1. The van der Waals surface area contributed by atoms with Gasteiger partial charge >= 0.3 is 0 Å². The highest BCUT2D eigenvalue weighted by molar-refractivity contribution is 5.85. The highest BCUT2D eigenvalue weighted by Crippen LogP contribution is 2.24. The van der Waals surface area contributed by atoms with Crippen LogP contribution in [0.4, 0.5) is 4.39 Å². The predicted octanol–water partition coefficient (Wildman–Crippen LogP) is 3.14. The molecule has 16 heavy (non-hydrogen) atoms. The molecular weight excluding hydrogens is 205 g/mol. The fourth-order valence-corrected chi connectivity index (χ4v) is 1.98. The van der Waals surface area contributed by atoms with Gasteiger partial charge in [-0.3, -0.25) is 0 Å². The first-order chi connectivity index (χ1) is 7.58. The third-order valence-corrected chi connectivity index (χ3v) is 2.81.